The first-order valence-corrected chi connectivity index (χ1v) is 10.1. The number of ether oxygens (including phenoxy) is 1. The molecule has 3 rings (SSSR count). The van der Waals surface area contributed by atoms with E-state index in [1.165, 1.54) is 43.5 Å². The van der Waals surface area contributed by atoms with Crippen LogP contribution in [0.4, 0.5) is 4.39 Å². The van der Waals surface area contributed by atoms with Crippen molar-refractivity contribution in [3.05, 3.63) is 54.2 Å². The lowest BCUT2D eigenvalue weighted by molar-refractivity contribution is -0.158. The van der Waals surface area contributed by atoms with E-state index in [4.69, 9.17) is 14.3 Å². The van der Waals surface area contributed by atoms with Crippen LogP contribution in [0.3, 0.4) is 0 Å². The zero-order chi connectivity index (χ0) is 22.1. The summed E-state index contributed by atoms with van der Waals surface area (Å²) in [7, 11) is -1.39. The smallest absolute Gasteiger partial charge is 0.254 e. The molecule has 158 valence electrons. The summed E-state index contributed by atoms with van der Waals surface area (Å²) >= 11 is 0. The van der Waals surface area contributed by atoms with Crippen LogP contribution in [0.2, 0.25) is 0 Å². The Balaban J connectivity index is 2.11. The third kappa shape index (κ3) is 4.48. The Morgan fingerprint density at radius 2 is 1.87 bits per heavy atom. The van der Waals surface area contributed by atoms with Crippen molar-refractivity contribution in [2.75, 3.05) is 14.2 Å². The number of benzene rings is 2. The summed E-state index contributed by atoms with van der Waals surface area (Å²) in [5.74, 6) is -1.08. The fourth-order valence-electron chi connectivity index (χ4n) is 2.68. The van der Waals surface area contributed by atoms with Crippen molar-refractivity contribution < 1.29 is 32.0 Å². The summed E-state index contributed by atoms with van der Waals surface area (Å²) in [5.41, 5.74) is 0.999. The quantitative estimate of drug-likeness (QED) is 0.447. The molecule has 11 heteroatoms. The number of carbonyl (C=O) groups excluding carboxylic acids is 1. The molecular formula is C19H18FN3O6S. The first kappa shape index (κ1) is 21.4. The highest BCUT2D eigenvalue weighted by molar-refractivity contribution is 7.89. The van der Waals surface area contributed by atoms with Crippen LogP contribution < -0.4 is 9.88 Å². The molecule has 0 aliphatic rings. The summed E-state index contributed by atoms with van der Waals surface area (Å²) in [6.07, 6.45) is -0.339. The van der Waals surface area contributed by atoms with Gasteiger partial charge in [0, 0.05) is 18.2 Å². The van der Waals surface area contributed by atoms with Crippen molar-refractivity contribution in [1.29, 1.82) is 0 Å². The summed E-state index contributed by atoms with van der Waals surface area (Å²) in [6, 6.07) is 9.66. The highest BCUT2D eigenvalue weighted by Crippen LogP contribution is 2.35. The van der Waals surface area contributed by atoms with Gasteiger partial charge in [0.1, 0.15) is 12.1 Å². The van der Waals surface area contributed by atoms with E-state index in [2.05, 4.69) is 4.98 Å². The Hall–Kier alpha value is -3.28. The summed E-state index contributed by atoms with van der Waals surface area (Å²) < 4.78 is 47.8. The number of hydroxylamine groups is 2. The molecule has 0 atom stereocenters. The Morgan fingerprint density at radius 1 is 1.23 bits per heavy atom. The number of aromatic nitrogens is 1. The van der Waals surface area contributed by atoms with E-state index in [1.807, 2.05) is 0 Å². The van der Waals surface area contributed by atoms with Crippen LogP contribution >= 0.6 is 0 Å². The Morgan fingerprint density at radius 3 is 2.40 bits per heavy atom. The number of primary sulfonamides is 1. The van der Waals surface area contributed by atoms with E-state index in [0.717, 1.165) is 7.05 Å². The number of hydrogen-bond donors (Lipinski definition) is 2. The molecule has 1 heterocycles. The maximum Gasteiger partial charge on any atom is 0.254 e. The second kappa shape index (κ2) is 8.22. The zero-order valence-corrected chi connectivity index (χ0v) is 16.8. The van der Waals surface area contributed by atoms with Gasteiger partial charge in [0.2, 0.25) is 15.9 Å². The van der Waals surface area contributed by atoms with E-state index in [9.17, 15) is 22.8 Å². The minimum absolute atomic E-state index is 0.0161. The normalized spacial score (nSPS) is 11.4. The average molecular weight is 435 g/mol. The van der Waals surface area contributed by atoms with Crippen molar-refractivity contribution in [2.45, 2.75) is 11.3 Å². The number of carbonyl (C=O) groups is 1. The van der Waals surface area contributed by atoms with Gasteiger partial charge in [-0.25, -0.2) is 28.0 Å². The van der Waals surface area contributed by atoms with Crippen LogP contribution in [0.5, 0.6) is 5.75 Å². The second-order valence-electron chi connectivity index (χ2n) is 6.30. The first-order valence-electron chi connectivity index (χ1n) is 8.52. The maximum atomic E-state index is 14.2. The number of methoxy groups -OCH3 is 1. The fraction of sp³-hybridized carbons (Fsp3) is 0.158. The number of nitrogens with zero attached hydrogens (tertiary/aromatic N) is 2. The Bertz CT molecular complexity index is 1190. The van der Waals surface area contributed by atoms with Gasteiger partial charge in [-0.05, 0) is 42.5 Å². The number of oxazole rings is 1. The SMILES string of the molecule is COc1ccc(-c2nc(CC(=O)N(C)O)oc2-c2ccc(S(N)(=O)=O)cc2)cc1F. The number of likely N-dealkylation sites (N-methyl/N-ethyl adjacent to an activating group) is 1. The van der Waals surface area contributed by atoms with Crippen LogP contribution in [0, 0.1) is 5.82 Å². The van der Waals surface area contributed by atoms with Crippen molar-refractivity contribution in [3.63, 3.8) is 0 Å². The van der Waals surface area contributed by atoms with Crippen LogP contribution in [0.15, 0.2) is 51.8 Å². The van der Waals surface area contributed by atoms with Crippen molar-refractivity contribution in [2.24, 2.45) is 5.14 Å². The largest absolute Gasteiger partial charge is 0.494 e. The van der Waals surface area contributed by atoms with E-state index in [-0.39, 0.29) is 34.4 Å². The van der Waals surface area contributed by atoms with Crippen LogP contribution in [0.1, 0.15) is 5.89 Å². The molecule has 1 aromatic heterocycles. The van der Waals surface area contributed by atoms with Gasteiger partial charge < -0.3 is 9.15 Å². The zero-order valence-electron chi connectivity index (χ0n) is 16.0. The molecule has 9 nitrogen and oxygen atoms in total. The van der Waals surface area contributed by atoms with Gasteiger partial charge in [-0.1, -0.05) is 0 Å². The van der Waals surface area contributed by atoms with Crippen molar-refractivity contribution in [3.8, 4) is 28.3 Å². The molecule has 0 fully saturated rings. The van der Waals surface area contributed by atoms with Gasteiger partial charge in [0.05, 0.1) is 12.0 Å². The maximum absolute atomic E-state index is 14.2. The van der Waals surface area contributed by atoms with Crippen molar-refractivity contribution in [1.82, 2.24) is 10.0 Å². The molecule has 3 aromatic rings. The number of hydrogen-bond acceptors (Lipinski definition) is 7. The molecule has 1 amide bonds. The molecule has 0 aliphatic carbocycles. The first-order chi connectivity index (χ1) is 14.1. The van der Waals surface area contributed by atoms with Gasteiger partial charge in [0.15, 0.2) is 17.3 Å². The minimum atomic E-state index is -3.89. The summed E-state index contributed by atoms with van der Waals surface area (Å²) in [5, 5.41) is 14.8. The van der Waals surface area contributed by atoms with Crippen LogP contribution in [-0.2, 0) is 21.2 Å². The van der Waals surface area contributed by atoms with E-state index in [0.29, 0.717) is 16.2 Å². The van der Waals surface area contributed by atoms with E-state index >= 15 is 0 Å². The standard InChI is InChI=1S/C19H18FN3O6S/c1-23(25)17(24)10-16-22-18(12-5-8-15(28-2)14(20)9-12)19(29-16)11-3-6-13(7-4-11)30(21,26)27/h3-9,25H,10H2,1-2H3,(H2,21,26,27). The monoisotopic (exact) mass is 435 g/mol. The van der Waals surface area contributed by atoms with Gasteiger partial charge in [-0.2, -0.15) is 0 Å². The molecule has 0 saturated heterocycles. The molecule has 0 saturated carbocycles. The predicted molar refractivity (Wildman–Crippen MR) is 104 cm³/mol. The Kier molecular flexibility index (Phi) is 5.87. The third-order valence-electron chi connectivity index (χ3n) is 4.21. The third-order valence-corrected chi connectivity index (χ3v) is 5.13. The predicted octanol–water partition coefficient (Wildman–Crippen LogP) is 2.19. The Labute approximate surface area is 171 Å². The molecule has 2 aromatic carbocycles. The molecule has 0 spiro atoms. The number of sulfonamides is 1. The van der Waals surface area contributed by atoms with Crippen molar-refractivity contribution >= 4 is 15.9 Å². The molecule has 30 heavy (non-hydrogen) atoms. The number of rotatable bonds is 6. The lowest BCUT2D eigenvalue weighted by Gasteiger charge is -2.05. The van der Waals surface area contributed by atoms with Gasteiger partial charge in [-0.15, -0.1) is 0 Å². The topological polar surface area (TPSA) is 136 Å². The molecular weight excluding hydrogens is 417 g/mol. The average Bonchev–Trinajstić information content (AvgIpc) is 3.11. The molecule has 0 bridgehead atoms. The fourth-order valence-corrected chi connectivity index (χ4v) is 3.20. The summed E-state index contributed by atoms with van der Waals surface area (Å²) in [4.78, 5) is 16.0. The summed E-state index contributed by atoms with van der Waals surface area (Å²) in [6.45, 7) is 0. The molecule has 3 N–H and O–H groups in total. The van der Waals surface area contributed by atoms with E-state index < -0.39 is 21.7 Å². The number of nitrogens with two attached hydrogens (primary N) is 1. The van der Waals surface area contributed by atoms with Crippen LogP contribution in [-0.4, -0.2) is 43.7 Å². The minimum Gasteiger partial charge on any atom is -0.494 e. The highest BCUT2D eigenvalue weighted by atomic mass is 32.2. The number of amides is 1. The van der Waals surface area contributed by atoms with Crippen LogP contribution in [0.25, 0.3) is 22.6 Å². The second-order valence-corrected chi connectivity index (χ2v) is 7.86. The molecule has 0 unspecified atom stereocenters. The highest BCUT2D eigenvalue weighted by Gasteiger charge is 2.21. The lowest BCUT2D eigenvalue weighted by Crippen LogP contribution is -2.24. The molecule has 0 radical (unpaired) electrons. The van der Waals surface area contributed by atoms with E-state index in [1.54, 1.807) is 6.07 Å². The van der Waals surface area contributed by atoms with Gasteiger partial charge in [0.25, 0.3) is 5.91 Å². The lowest BCUT2D eigenvalue weighted by atomic mass is 10.1. The number of halogens is 1. The molecule has 0 aliphatic heterocycles. The van der Waals surface area contributed by atoms with Gasteiger partial charge >= 0.3 is 0 Å². The van der Waals surface area contributed by atoms with Gasteiger partial charge in [-0.3, -0.25) is 10.0 Å².